The van der Waals surface area contributed by atoms with E-state index >= 15 is 0 Å². The van der Waals surface area contributed by atoms with Gasteiger partial charge in [0.25, 0.3) is 0 Å². The van der Waals surface area contributed by atoms with E-state index in [0.29, 0.717) is 5.92 Å². The third-order valence-electron chi connectivity index (χ3n) is 4.37. The third kappa shape index (κ3) is 2.63. The number of carbonyl (C=O) groups is 1. The van der Waals surface area contributed by atoms with Crippen molar-refractivity contribution in [3.05, 3.63) is 0 Å². The Labute approximate surface area is 104 Å². The first-order chi connectivity index (χ1) is 8.08. The second-order valence-corrected chi connectivity index (χ2v) is 5.84. The molecule has 2 unspecified atom stereocenters. The number of likely N-dealkylation sites (tertiary alicyclic amines) is 1. The zero-order chi connectivity index (χ0) is 12.5. The fraction of sp³-hybridized carbons (Fsp3) is 0.923. The van der Waals surface area contributed by atoms with Crippen LogP contribution in [0.5, 0.6) is 0 Å². The van der Waals surface area contributed by atoms with Crippen LogP contribution in [-0.2, 0) is 4.79 Å². The topological polar surface area (TPSA) is 58.4 Å². The summed E-state index contributed by atoms with van der Waals surface area (Å²) in [6.07, 6.45) is 4.81. The number of carbonyl (C=O) groups excluding carboxylic acids is 1. The van der Waals surface area contributed by atoms with Crippen molar-refractivity contribution in [2.75, 3.05) is 26.7 Å². The number of rotatable bonds is 5. The quantitative estimate of drug-likeness (QED) is 0.737. The Kier molecular flexibility index (Phi) is 3.73. The minimum absolute atomic E-state index is 0.180. The predicted molar refractivity (Wildman–Crippen MR) is 68.5 cm³/mol. The first-order valence-electron chi connectivity index (χ1n) is 6.79. The molecule has 4 heteroatoms. The number of nitrogens with two attached hydrogens (primary N) is 1. The second kappa shape index (κ2) is 4.94. The van der Waals surface area contributed by atoms with Crippen molar-refractivity contribution >= 4 is 5.91 Å². The van der Waals surface area contributed by atoms with Gasteiger partial charge in [-0.1, -0.05) is 6.92 Å². The fourth-order valence-corrected chi connectivity index (χ4v) is 3.17. The molecule has 0 aromatic carbocycles. The molecule has 1 saturated heterocycles. The highest BCUT2D eigenvalue weighted by Crippen LogP contribution is 2.40. The molecular formula is C13H25N3O. The highest BCUT2D eigenvalue weighted by molar-refractivity contribution is 5.86. The van der Waals surface area contributed by atoms with Crippen LogP contribution in [0.3, 0.4) is 0 Å². The lowest BCUT2D eigenvalue weighted by Crippen LogP contribution is -2.62. The highest BCUT2D eigenvalue weighted by Gasteiger charge is 2.49. The summed E-state index contributed by atoms with van der Waals surface area (Å²) < 4.78 is 0. The molecule has 4 nitrogen and oxygen atoms in total. The number of nitrogens with one attached hydrogen (secondary N) is 1. The summed E-state index contributed by atoms with van der Waals surface area (Å²) in [5, 5.41) is 3.22. The summed E-state index contributed by atoms with van der Waals surface area (Å²) in [6.45, 7) is 5.28. The minimum atomic E-state index is -0.489. The molecule has 2 atom stereocenters. The van der Waals surface area contributed by atoms with Crippen LogP contribution >= 0.6 is 0 Å². The first kappa shape index (κ1) is 12.8. The molecule has 2 aliphatic rings. The average molecular weight is 239 g/mol. The molecule has 1 aliphatic heterocycles. The Hall–Kier alpha value is -0.610. The van der Waals surface area contributed by atoms with Crippen molar-refractivity contribution in [1.82, 2.24) is 10.2 Å². The number of likely N-dealkylation sites (N-methyl/N-ethyl adjacent to an activating group) is 1. The molecule has 98 valence electrons. The molecule has 0 bridgehead atoms. The molecule has 2 fully saturated rings. The second-order valence-electron chi connectivity index (χ2n) is 5.84. The Morgan fingerprint density at radius 2 is 2.18 bits per heavy atom. The normalized spacial score (nSPS) is 29.9. The number of hydrogen-bond donors (Lipinski definition) is 2. The Bertz CT molecular complexity index is 290. The molecule has 1 aliphatic carbocycles. The number of nitrogens with zero attached hydrogens (tertiary/aromatic N) is 1. The Morgan fingerprint density at radius 1 is 1.47 bits per heavy atom. The van der Waals surface area contributed by atoms with Gasteiger partial charge in [0.05, 0.1) is 0 Å². The smallest absolute Gasteiger partial charge is 0.239 e. The lowest BCUT2D eigenvalue weighted by Gasteiger charge is -2.39. The molecule has 17 heavy (non-hydrogen) atoms. The lowest BCUT2D eigenvalue weighted by molar-refractivity contribution is -0.126. The first-order valence-corrected chi connectivity index (χ1v) is 6.79. The van der Waals surface area contributed by atoms with Crippen LogP contribution < -0.4 is 11.1 Å². The Balaban J connectivity index is 2.03. The largest absolute Gasteiger partial charge is 0.368 e. The SMILES string of the molecule is CNC(CN1CCCC(C)C1)(C(N)=O)C1CC1. The van der Waals surface area contributed by atoms with E-state index in [1.54, 1.807) is 0 Å². The molecule has 0 spiro atoms. The van der Waals surface area contributed by atoms with Crippen LogP contribution in [0.15, 0.2) is 0 Å². The fourth-order valence-electron chi connectivity index (χ4n) is 3.17. The minimum Gasteiger partial charge on any atom is -0.368 e. The van der Waals surface area contributed by atoms with Crippen molar-refractivity contribution in [3.63, 3.8) is 0 Å². The van der Waals surface area contributed by atoms with E-state index in [1.165, 1.54) is 12.8 Å². The molecule has 1 heterocycles. The van der Waals surface area contributed by atoms with Crippen LogP contribution in [0.2, 0.25) is 0 Å². The summed E-state index contributed by atoms with van der Waals surface area (Å²) in [5.74, 6) is 1.01. The molecule has 0 radical (unpaired) electrons. The number of hydrogen-bond acceptors (Lipinski definition) is 3. The molecule has 1 amide bonds. The summed E-state index contributed by atoms with van der Waals surface area (Å²) in [7, 11) is 1.87. The molecule has 3 N–H and O–H groups in total. The van der Waals surface area contributed by atoms with Gasteiger partial charge in [-0.25, -0.2) is 0 Å². The highest BCUT2D eigenvalue weighted by atomic mass is 16.1. The summed E-state index contributed by atoms with van der Waals surface area (Å²) in [6, 6.07) is 0. The maximum atomic E-state index is 11.8. The van der Waals surface area contributed by atoms with Crippen molar-refractivity contribution < 1.29 is 4.79 Å². The molecule has 1 saturated carbocycles. The van der Waals surface area contributed by atoms with E-state index in [-0.39, 0.29) is 5.91 Å². The van der Waals surface area contributed by atoms with E-state index in [2.05, 4.69) is 17.1 Å². The van der Waals surface area contributed by atoms with Gasteiger partial charge in [0, 0.05) is 13.1 Å². The van der Waals surface area contributed by atoms with Gasteiger partial charge in [0.15, 0.2) is 0 Å². The van der Waals surface area contributed by atoms with Gasteiger partial charge >= 0.3 is 0 Å². The van der Waals surface area contributed by atoms with Gasteiger partial charge in [0.2, 0.25) is 5.91 Å². The predicted octanol–water partition coefficient (Wildman–Crippen LogP) is 0.572. The van der Waals surface area contributed by atoms with Gasteiger partial charge in [0.1, 0.15) is 5.54 Å². The number of piperidine rings is 1. The van der Waals surface area contributed by atoms with E-state index in [1.807, 2.05) is 7.05 Å². The average Bonchev–Trinajstić information content (AvgIpc) is 3.09. The van der Waals surface area contributed by atoms with Gasteiger partial charge in [-0.15, -0.1) is 0 Å². The van der Waals surface area contributed by atoms with Crippen molar-refractivity contribution in [3.8, 4) is 0 Å². The summed E-state index contributed by atoms with van der Waals surface area (Å²) in [5.41, 5.74) is 5.16. The van der Waals surface area contributed by atoms with Crippen molar-refractivity contribution in [2.24, 2.45) is 17.6 Å². The maximum Gasteiger partial charge on any atom is 0.239 e. The molecule has 2 rings (SSSR count). The van der Waals surface area contributed by atoms with Crippen LogP contribution in [0.4, 0.5) is 0 Å². The zero-order valence-corrected chi connectivity index (χ0v) is 11.0. The van der Waals surface area contributed by atoms with Crippen LogP contribution in [0.1, 0.15) is 32.6 Å². The van der Waals surface area contributed by atoms with Crippen LogP contribution in [0, 0.1) is 11.8 Å². The third-order valence-corrected chi connectivity index (χ3v) is 4.37. The Morgan fingerprint density at radius 3 is 2.65 bits per heavy atom. The molecule has 0 aromatic rings. The van der Waals surface area contributed by atoms with E-state index in [9.17, 15) is 4.79 Å². The molecule has 0 aromatic heterocycles. The maximum absolute atomic E-state index is 11.8. The summed E-state index contributed by atoms with van der Waals surface area (Å²) in [4.78, 5) is 14.2. The zero-order valence-electron chi connectivity index (χ0n) is 11.0. The van der Waals surface area contributed by atoms with Crippen LogP contribution in [0.25, 0.3) is 0 Å². The molecular weight excluding hydrogens is 214 g/mol. The lowest BCUT2D eigenvalue weighted by atomic mass is 9.89. The van der Waals surface area contributed by atoms with Crippen LogP contribution in [-0.4, -0.2) is 43.0 Å². The standard InChI is InChI=1S/C13H25N3O/c1-10-4-3-7-16(8-10)9-13(15-2,12(14)17)11-5-6-11/h10-11,15H,3-9H2,1-2H3,(H2,14,17). The van der Waals surface area contributed by atoms with E-state index in [4.69, 9.17) is 5.73 Å². The van der Waals surface area contributed by atoms with Crippen molar-refractivity contribution in [1.29, 1.82) is 0 Å². The van der Waals surface area contributed by atoms with E-state index < -0.39 is 5.54 Å². The van der Waals surface area contributed by atoms with E-state index in [0.717, 1.165) is 38.4 Å². The van der Waals surface area contributed by atoms with Gasteiger partial charge in [-0.2, -0.15) is 0 Å². The number of primary amides is 1. The monoisotopic (exact) mass is 239 g/mol. The van der Waals surface area contributed by atoms with Crippen molar-refractivity contribution in [2.45, 2.75) is 38.1 Å². The van der Waals surface area contributed by atoms with Gasteiger partial charge < -0.3 is 16.0 Å². The number of amides is 1. The summed E-state index contributed by atoms with van der Waals surface area (Å²) >= 11 is 0. The van der Waals surface area contributed by atoms with Gasteiger partial charge in [-0.3, -0.25) is 4.79 Å². The van der Waals surface area contributed by atoms with Gasteiger partial charge in [-0.05, 0) is 51.1 Å².